The molecule has 76 heavy (non-hydrogen) atoms. The zero-order chi connectivity index (χ0) is 55.0. The number of unbranched alkanes of at least 4 members (excludes halogenated alkanes) is 40. The highest BCUT2D eigenvalue weighted by atomic mass is 16.6. The van der Waals surface area contributed by atoms with E-state index in [0.29, 0.717) is 19.3 Å². The van der Waals surface area contributed by atoms with E-state index in [1.165, 1.54) is 225 Å². The number of hydrogen-bond donors (Lipinski definition) is 0. The van der Waals surface area contributed by atoms with Crippen molar-refractivity contribution in [3.05, 3.63) is 60.8 Å². The molecule has 442 valence electrons. The Morgan fingerprint density at radius 2 is 0.513 bits per heavy atom. The zero-order valence-electron chi connectivity index (χ0n) is 50.8. The Labute approximate surface area is 472 Å². The van der Waals surface area contributed by atoms with Crippen molar-refractivity contribution in [2.24, 2.45) is 0 Å². The molecule has 0 rings (SSSR count). The molecule has 1 unspecified atom stereocenters. The molecule has 0 aliphatic heterocycles. The summed E-state index contributed by atoms with van der Waals surface area (Å²) in [6.07, 6.45) is 82.4. The quantitative estimate of drug-likeness (QED) is 0.0261. The lowest BCUT2D eigenvalue weighted by Crippen LogP contribution is -2.30. The van der Waals surface area contributed by atoms with Crippen molar-refractivity contribution in [3.63, 3.8) is 0 Å². The summed E-state index contributed by atoms with van der Waals surface area (Å²) in [6, 6.07) is 0. The number of allylic oxidation sites excluding steroid dienone is 10. The van der Waals surface area contributed by atoms with E-state index in [1.807, 2.05) is 0 Å². The lowest BCUT2D eigenvalue weighted by molar-refractivity contribution is -0.167. The van der Waals surface area contributed by atoms with Crippen molar-refractivity contribution < 1.29 is 28.6 Å². The monoisotopic (exact) mass is 1060 g/mol. The molecule has 0 bridgehead atoms. The van der Waals surface area contributed by atoms with E-state index in [0.717, 1.165) is 83.5 Å². The van der Waals surface area contributed by atoms with Gasteiger partial charge in [-0.15, -0.1) is 0 Å². The van der Waals surface area contributed by atoms with Crippen molar-refractivity contribution in [2.45, 2.75) is 354 Å². The highest BCUT2D eigenvalue weighted by molar-refractivity contribution is 5.71. The number of hydrogen-bond acceptors (Lipinski definition) is 6. The number of rotatable bonds is 61. The van der Waals surface area contributed by atoms with Crippen LogP contribution in [-0.4, -0.2) is 37.2 Å². The molecule has 0 aliphatic rings. The summed E-state index contributed by atoms with van der Waals surface area (Å²) in [5, 5.41) is 0. The largest absolute Gasteiger partial charge is 0.462 e. The molecule has 0 radical (unpaired) electrons. The number of esters is 3. The molecule has 0 N–H and O–H groups in total. The van der Waals surface area contributed by atoms with E-state index < -0.39 is 6.10 Å². The lowest BCUT2D eigenvalue weighted by atomic mass is 10.0. The fourth-order valence-electron chi connectivity index (χ4n) is 9.79. The Morgan fingerprint density at radius 1 is 0.276 bits per heavy atom. The minimum absolute atomic E-state index is 0.0837. The first-order valence-corrected chi connectivity index (χ1v) is 33.3. The average molecular weight is 1060 g/mol. The van der Waals surface area contributed by atoms with Gasteiger partial charge in [0.1, 0.15) is 13.2 Å². The molecule has 0 fully saturated rings. The first-order chi connectivity index (χ1) is 37.5. The first-order valence-electron chi connectivity index (χ1n) is 33.3. The summed E-state index contributed by atoms with van der Waals surface area (Å²) in [5.74, 6) is -0.906. The second kappa shape index (κ2) is 64.6. The standard InChI is InChI=1S/C70H126O6/c1-4-7-10-13-16-19-22-25-28-30-32-33-34-35-36-37-38-40-42-45-48-51-54-57-60-63-69(72)75-66-67(65-74-68(71)62-59-56-53-50-47-44-41-27-24-21-18-15-12-9-6-3)76-70(73)64-61-58-55-52-49-46-43-39-31-29-26-23-20-17-14-11-8-5-2/h9,12,18,21,27,30,32,41,47,50,67H,4-8,10-11,13-17,19-20,22-26,28-29,31,33-40,42-46,48-49,51-66H2,1-3H3/b12-9-,21-18-,32-30-,41-27-,50-47-. The fraction of sp³-hybridized carbons (Fsp3) is 0.814. The van der Waals surface area contributed by atoms with Crippen LogP contribution >= 0.6 is 0 Å². The summed E-state index contributed by atoms with van der Waals surface area (Å²) in [7, 11) is 0. The van der Waals surface area contributed by atoms with E-state index in [2.05, 4.69) is 81.5 Å². The second-order valence-electron chi connectivity index (χ2n) is 22.4. The molecular formula is C70H126O6. The number of carbonyl (C=O) groups excluding carboxylic acids is 3. The van der Waals surface area contributed by atoms with Gasteiger partial charge in [-0.1, -0.05) is 306 Å². The van der Waals surface area contributed by atoms with E-state index >= 15 is 0 Å². The number of carbonyl (C=O) groups is 3. The molecular weight excluding hydrogens is 937 g/mol. The normalized spacial score (nSPS) is 12.4. The summed E-state index contributed by atoms with van der Waals surface area (Å²) in [6.45, 7) is 6.55. The predicted molar refractivity (Wildman–Crippen MR) is 330 cm³/mol. The molecule has 6 nitrogen and oxygen atoms in total. The van der Waals surface area contributed by atoms with Crippen LogP contribution in [0.25, 0.3) is 0 Å². The van der Waals surface area contributed by atoms with E-state index in [-0.39, 0.29) is 31.1 Å². The van der Waals surface area contributed by atoms with Crippen LogP contribution in [0.4, 0.5) is 0 Å². The molecule has 0 saturated carbocycles. The van der Waals surface area contributed by atoms with E-state index in [1.54, 1.807) is 0 Å². The van der Waals surface area contributed by atoms with Crippen LogP contribution in [0.2, 0.25) is 0 Å². The molecule has 0 aromatic rings. The highest BCUT2D eigenvalue weighted by Gasteiger charge is 2.19. The van der Waals surface area contributed by atoms with Crippen LogP contribution in [0.3, 0.4) is 0 Å². The van der Waals surface area contributed by atoms with Crippen LogP contribution in [0.1, 0.15) is 348 Å². The van der Waals surface area contributed by atoms with Crippen molar-refractivity contribution >= 4 is 17.9 Å². The Kier molecular flexibility index (Phi) is 62.2. The molecule has 6 heteroatoms. The molecule has 0 spiro atoms. The zero-order valence-corrected chi connectivity index (χ0v) is 50.8. The van der Waals surface area contributed by atoms with Gasteiger partial charge in [-0.25, -0.2) is 0 Å². The third kappa shape index (κ3) is 62.0. The first kappa shape index (κ1) is 73.1. The number of ether oxygens (including phenoxy) is 3. The smallest absolute Gasteiger partial charge is 0.306 e. The van der Waals surface area contributed by atoms with Gasteiger partial charge in [0.25, 0.3) is 0 Å². The molecule has 0 saturated heterocycles. The summed E-state index contributed by atoms with van der Waals surface area (Å²) in [4.78, 5) is 38.3. The van der Waals surface area contributed by atoms with Gasteiger partial charge >= 0.3 is 17.9 Å². The van der Waals surface area contributed by atoms with Gasteiger partial charge in [-0.2, -0.15) is 0 Å². The van der Waals surface area contributed by atoms with Crippen LogP contribution in [-0.2, 0) is 28.6 Å². The van der Waals surface area contributed by atoms with Crippen LogP contribution < -0.4 is 0 Å². The van der Waals surface area contributed by atoms with Crippen molar-refractivity contribution in [1.82, 2.24) is 0 Å². The minimum Gasteiger partial charge on any atom is -0.462 e. The fourth-order valence-corrected chi connectivity index (χ4v) is 9.79. The van der Waals surface area contributed by atoms with Crippen LogP contribution in [0, 0.1) is 0 Å². The summed E-state index contributed by atoms with van der Waals surface area (Å²) in [5.41, 5.74) is 0. The van der Waals surface area contributed by atoms with Crippen molar-refractivity contribution in [2.75, 3.05) is 13.2 Å². The molecule has 0 aromatic carbocycles. The van der Waals surface area contributed by atoms with E-state index in [4.69, 9.17) is 14.2 Å². The summed E-state index contributed by atoms with van der Waals surface area (Å²) < 4.78 is 16.9. The van der Waals surface area contributed by atoms with Gasteiger partial charge in [0.05, 0.1) is 0 Å². The van der Waals surface area contributed by atoms with Gasteiger partial charge in [-0.05, 0) is 83.5 Å². The topological polar surface area (TPSA) is 78.9 Å². The van der Waals surface area contributed by atoms with Gasteiger partial charge in [0.2, 0.25) is 0 Å². The van der Waals surface area contributed by atoms with Crippen molar-refractivity contribution in [3.8, 4) is 0 Å². The van der Waals surface area contributed by atoms with Gasteiger partial charge in [0.15, 0.2) is 6.10 Å². The lowest BCUT2D eigenvalue weighted by Gasteiger charge is -2.18. The van der Waals surface area contributed by atoms with Crippen LogP contribution in [0.15, 0.2) is 60.8 Å². The van der Waals surface area contributed by atoms with Crippen molar-refractivity contribution in [1.29, 1.82) is 0 Å². The Hall–Kier alpha value is -2.89. The Balaban J connectivity index is 4.31. The molecule has 0 aliphatic carbocycles. The maximum absolute atomic E-state index is 12.9. The average Bonchev–Trinajstić information content (AvgIpc) is 3.42. The maximum Gasteiger partial charge on any atom is 0.306 e. The molecule has 1 atom stereocenters. The Bertz CT molecular complexity index is 1360. The van der Waals surface area contributed by atoms with Gasteiger partial charge in [-0.3, -0.25) is 14.4 Å². The third-order valence-electron chi connectivity index (χ3n) is 14.8. The van der Waals surface area contributed by atoms with Crippen LogP contribution in [0.5, 0.6) is 0 Å². The molecule has 0 aromatic heterocycles. The second-order valence-corrected chi connectivity index (χ2v) is 22.4. The highest BCUT2D eigenvalue weighted by Crippen LogP contribution is 2.18. The molecule has 0 amide bonds. The summed E-state index contributed by atoms with van der Waals surface area (Å²) >= 11 is 0. The SMILES string of the molecule is CC/C=C\C/C=C\C/C=C\C/C=C\CCCCC(=O)OCC(COC(=O)CCCCCCCCCCCCCCC/C=C\CCCCCCCCCC)OC(=O)CCCCCCCCCCCCCCCCCCCC. The van der Waals surface area contributed by atoms with E-state index in [9.17, 15) is 14.4 Å². The minimum atomic E-state index is -0.790. The maximum atomic E-state index is 12.9. The van der Waals surface area contributed by atoms with Gasteiger partial charge in [0, 0.05) is 19.3 Å². The molecule has 0 heterocycles. The third-order valence-corrected chi connectivity index (χ3v) is 14.8. The Morgan fingerprint density at radius 3 is 0.842 bits per heavy atom. The predicted octanol–water partition coefficient (Wildman–Crippen LogP) is 22.7. The van der Waals surface area contributed by atoms with Gasteiger partial charge < -0.3 is 14.2 Å².